The van der Waals surface area contributed by atoms with Gasteiger partial charge in [-0.2, -0.15) is 0 Å². The molecule has 1 heterocycles. The van der Waals surface area contributed by atoms with Gasteiger partial charge in [-0.3, -0.25) is 4.90 Å². The Bertz CT molecular complexity index is 703. The monoisotopic (exact) mass is 366 g/mol. The van der Waals surface area contributed by atoms with E-state index in [2.05, 4.69) is 9.80 Å². The summed E-state index contributed by atoms with van der Waals surface area (Å²) in [5.41, 5.74) is 1.56. The number of phenolic OH excluding ortho intramolecular Hbond substituents is 1. The zero-order valence-corrected chi connectivity index (χ0v) is 14.7. The van der Waals surface area contributed by atoms with Crippen LogP contribution in [0.25, 0.3) is 0 Å². The Kier molecular flexibility index (Phi) is 5.51. The third-order valence-corrected chi connectivity index (χ3v) is 4.89. The zero-order chi connectivity index (χ0) is 17.1. The number of phenols is 1. The van der Waals surface area contributed by atoms with Gasteiger partial charge in [0.25, 0.3) is 0 Å². The lowest BCUT2D eigenvalue weighted by Gasteiger charge is -2.37. The van der Waals surface area contributed by atoms with E-state index in [1.54, 1.807) is 24.3 Å². The Labute approximate surface area is 151 Å². The van der Waals surface area contributed by atoms with E-state index in [1.165, 1.54) is 0 Å². The molecule has 4 nitrogen and oxygen atoms in total. The van der Waals surface area contributed by atoms with Crippen LogP contribution in [-0.2, 0) is 0 Å². The smallest absolute Gasteiger partial charge is 0.121 e. The SMILES string of the molecule is Oc1ccccc1C(O)CN1CCN(c2ccc(Cl)cc2Cl)CC1. The fraction of sp³-hybridized carbons (Fsp3) is 0.333. The topological polar surface area (TPSA) is 46.9 Å². The van der Waals surface area contributed by atoms with Crippen molar-refractivity contribution in [1.29, 1.82) is 0 Å². The quantitative estimate of drug-likeness (QED) is 0.868. The number of aliphatic hydroxyl groups excluding tert-OH is 1. The van der Waals surface area contributed by atoms with Gasteiger partial charge in [0.15, 0.2) is 0 Å². The molecule has 3 rings (SSSR count). The maximum absolute atomic E-state index is 10.4. The molecule has 1 aliphatic heterocycles. The van der Waals surface area contributed by atoms with Crippen LogP contribution in [0, 0.1) is 0 Å². The highest BCUT2D eigenvalue weighted by molar-refractivity contribution is 6.36. The van der Waals surface area contributed by atoms with Gasteiger partial charge in [0, 0.05) is 43.3 Å². The molecule has 0 saturated carbocycles. The first-order valence-corrected chi connectivity index (χ1v) is 8.68. The Hall–Kier alpha value is -1.46. The van der Waals surface area contributed by atoms with Crippen LogP contribution in [0.15, 0.2) is 42.5 Å². The number of piperazine rings is 1. The predicted octanol–water partition coefficient (Wildman–Crippen LogP) is 3.55. The van der Waals surface area contributed by atoms with E-state index in [4.69, 9.17) is 23.2 Å². The summed E-state index contributed by atoms with van der Waals surface area (Å²) < 4.78 is 0. The normalized spacial score (nSPS) is 17.0. The number of anilines is 1. The summed E-state index contributed by atoms with van der Waals surface area (Å²) in [7, 11) is 0. The molecule has 0 aliphatic carbocycles. The van der Waals surface area contributed by atoms with E-state index < -0.39 is 6.10 Å². The van der Waals surface area contributed by atoms with Crippen molar-refractivity contribution in [3.05, 3.63) is 58.1 Å². The van der Waals surface area contributed by atoms with Crippen LogP contribution in [0.3, 0.4) is 0 Å². The van der Waals surface area contributed by atoms with Gasteiger partial charge < -0.3 is 15.1 Å². The first-order chi connectivity index (χ1) is 11.5. The van der Waals surface area contributed by atoms with Crippen LogP contribution in [0.4, 0.5) is 5.69 Å². The van der Waals surface area contributed by atoms with Crippen molar-refractivity contribution in [1.82, 2.24) is 4.90 Å². The number of nitrogens with zero attached hydrogens (tertiary/aromatic N) is 2. The van der Waals surface area contributed by atoms with Gasteiger partial charge in [-0.25, -0.2) is 0 Å². The van der Waals surface area contributed by atoms with Gasteiger partial charge in [-0.15, -0.1) is 0 Å². The Morgan fingerprint density at radius 3 is 2.38 bits per heavy atom. The summed E-state index contributed by atoms with van der Waals surface area (Å²) in [5, 5.41) is 21.5. The number of benzene rings is 2. The van der Waals surface area contributed by atoms with E-state index >= 15 is 0 Å². The predicted molar refractivity (Wildman–Crippen MR) is 98.2 cm³/mol. The number of halogens is 2. The molecule has 1 unspecified atom stereocenters. The largest absolute Gasteiger partial charge is 0.508 e. The fourth-order valence-corrected chi connectivity index (χ4v) is 3.55. The minimum absolute atomic E-state index is 0.136. The van der Waals surface area contributed by atoms with Crippen molar-refractivity contribution in [2.75, 3.05) is 37.6 Å². The van der Waals surface area contributed by atoms with E-state index in [0.717, 1.165) is 31.9 Å². The number of hydrogen-bond donors (Lipinski definition) is 2. The van der Waals surface area contributed by atoms with Crippen molar-refractivity contribution >= 4 is 28.9 Å². The van der Waals surface area contributed by atoms with Crippen LogP contribution < -0.4 is 4.90 Å². The Balaban J connectivity index is 1.58. The third kappa shape index (κ3) is 3.95. The van der Waals surface area contributed by atoms with Crippen molar-refractivity contribution in [2.24, 2.45) is 0 Å². The van der Waals surface area contributed by atoms with Gasteiger partial charge in [0.05, 0.1) is 16.8 Å². The number of hydrogen-bond acceptors (Lipinski definition) is 4. The molecule has 128 valence electrons. The van der Waals surface area contributed by atoms with E-state index in [0.29, 0.717) is 22.2 Å². The molecule has 1 fully saturated rings. The van der Waals surface area contributed by atoms with Gasteiger partial charge in [-0.05, 0) is 24.3 Å². The standard InChI is InChI=1S/C18H20Cl2N2O2/c19-13-5-6-16(15(20)11-13)22-9-7-21(8-10-22)12-18(24)14-3-1-2-4-17(14)23/h1-6,11,18,23-24H,7-10,12H2. The molecule has 24 heavy (non-hydrogen) atoms. The number of aromatic hydroxyl groups is 1. The molecule has 0 radical (unpaired) electrons. The molecule has 0 aromatic heterocycles. The van der Waals surface area contributed by atoms with Crippen LogP contribution in [0.5, 0.6) is 5.75 Å². The summed E-state index contributed by atoms with van der Waals surface area (Å²) in [6.07, 6.45) is -0.697. The van der Waals surface area contributed by atoms with Crippen molar-refractivity contribution < 1.29 is 10.2 Å². The molecule has 2 aromatic carbocycles. The molecule has 1 atom stereocenters. The summed E-state index contributed by atoms with van der Waals surface area (Å²) in [6, 6.07) is 12.5. The van der Waals surface area contributed by atoms with Gasteiger partial charge in [-0.1, -0.05) is 41.4 Å². The molecule has 0 bridgehead atoms. The third-order valence-electron chi connectivity index (χ3n) is 4.35. The van der Waals surface area contributed by atoms with E-state index in [1.807, 2.05) is 18.2 Å². The Morgan fingerprint density at radius 2 is 1.71 bits per heavy atom. The minimum atomic E-state index is -0.697. The lowest BCUT2D eigenvalue weighted by molar-refractivity contribution is 0.107. The Morgan fingerprint density at radius 1 is 1.00 bits per heavy atom. The van der Waals surface area contributed by atoms with Gasteiger partial charge >= 0.3 is 0 Å². The molecule has 2 N–H and O–H groups in total. The van der Waals surface area contributed by atoms with Crippen molar-refractivity contribution in [3.8, 4) is 5.75 Å². The van der Waals surface area contributed by atoms with Crippen molar-refractivity contribution in [3.63, 3.8) is 0 Å². The molecule has 0 amide bonds. The van der Waals surface area contributed by atoms with E-state index in [9.17, 15) is 10.2 Å². The lowest BCUT2D eigenvalue weighted by Crippen LogP contribution is -2.47. The first kappa shape index (κ1) is 17.4. The van der Waals surface area contributed by atoms with Crippen LogP contribution >= 0.6 is 23.2 Å². The highest BCUT2D eigenvalue weighted by atomic mass is 35.5. The molecule has 1 aliphatic rings. The number of rotatable bonds is 4. The maximum atomic E-state index is 10.4. The molecule has 6 heteroatoms. The van der Waals surface area contributed by atoms with Gasteiger partial charge in [0.1, 0.15) is 5.75 Å². The first-order valence-electron chi connectivity index (χ1n) is 7.93. The van der Waals surface area contributed by atoms with Crippen LogP contribution in [0.1, 0.15) is 11.7 Å². The second kappa shape index (κ2) is 7.62. The molecular weight excluding hydrogens is 347 g/mol. The highest BCUT2D eigenvalue weighted by Crippen LogP contribution is 2.30. The summed E-state index contributed by atoms with van der Waals surface area (Å²) in [4.78, 5) is 4.42. The second-order valence-electron chi connectivity index (χ2n) is 5.96. The van der Waals surface area contributed by atoms with Crippen LogP contribution in [0.2, 0.25) is 10.0 Å². The fourth-order valence-electron chi connectivity index (χ4n) is 3.02. The summed E-state index contributed by atoms with van der Waals surface area (Å²) in [5.74, 6) is 0.136. The maximum Gasteiger partial charge on any atom is 0.121 e. The molecule has 1 saturated heterocycles. The van der Waals surface area contributed by atoms with Crippen LogP contribution in [-0.4, -0.2) is 47.8 Å². The molecule has 2 aromatic rings. The van der Waals surface area contributed by atoms with Gasteiger partial charge in [0.2, 0.25) is 0 Å². The molecule has 0 spiro atoms. The lowest BCUT2D eigenvalue weighted by atomic mass is 10.1. The average Bonchev–Trinajstić information content (AvgIpc) is 2.56. The molecular formula is C18H20Cl2N2O2. The number of para-hydroxylation sites is 1. The minimum Gasteiger partial charge on any atom is -0.508 e. The number of aliphatic hydroxyl groups is 1. The van der Waals surface area contributed by atoms with E-state index in [-0.39, 0.29) is 5.75 Å². The highest BCUT2D eigenvalue weighted by Gasteiger charge is 2.22. The zero-order valence-electron chi connectivity index (χ0n) is 13.2. The summed E-state index contributed by atoms with van der Waals surface area (Å²) in [6.45, 7) is 3.80. The number of β-amino-alcohol motifs (C(OH)–C–C–N with tert-alkyl or cyclic N) is 1. The average molecular weight is 367 g/mol. The summed E-state index contributed by atoms with van der Waals surface area (Å²) >= 11 is 12.2. The van der Waals surface area contributed by atoms with Crippen molar-refractivity contribution in [2.45, 2.75) is 6.10 Å². The second-order valence-corrected chi connectivity index (χ2v) is 6.80.